The number of rotatable bonds is 7. The molecule has 0 saturated carbocycles. The summed E-state index contributed by atoms with van der Waals surface area (Å²) < 4.78 is 5.12. The van der Waals surface area contributed by atoms with E-state index in [2.05, 4.69) is 5.32 Å². The maximum atomic E-state index is 12.6. The average molecular weight is 382 g/mol. The lowest BCUT2D eigenvalue weighted by Crippen LogP contribution is -2.28. The van der Waals surface area contributed by atoms with Crippen LogP contribution >= 0.6 is 0 Å². The molecule has 0 bridgehead atoms. The van der Waals surface area contributed by atoms with Crippen LogP contribution < -0.4 is 15.0 Å². The number of carboxylic acids is 1. The van der Waals surface area contributed by atoms with Gasteiger partial charge >= 0.3 is 5.97 Å². The number of amides is 2. The Morgan fingerprint density at radius 1 is 1.21 bits per heavy atom. The molecule has 2 aromatic carbocycles. The summed E-state index contributed by atoms with van der Waals surface area (Å²) in [5.74, 6) is -0.928. The second-order valence-electron chi connectivity index (χ2n) is 6.69. The van der Waals surface area contributed by atoms with Gasteiger partial charge < -0.3 is 20.1 Å². The van der Waals surface area contributed by atoms with Crippen molar-refractivity contribution in [3.8, 4) is 5.75 Å². The average Bonchev–Trinajstić information content (AvgIpc) is 3.08. The minimum absolute atomic E-state index is 0.0331. The Labute approximate surface area is 162 Å². The quantitative estimate of drug-likeness (QED) is 0.768. The molecule has 146 valence electrons. The number of benzene rings is 2. The number of ether oxygens (including phenoxy) is 1. The molecule has 0 radical (unpaired) electrons. The number of aryl methyl sites for hydroxylation is 1. The van der Waals surface area contributed by atoms with Crippen molar-refractivity contribution in [3.05, 3.63) is 54.1 Å². The predicted octanol–water partition coefficient (Wildman–Crippen LogP) is 2.70. The molecule has 1 aliphatic rings. The van der Waals surface area contributed by atoms with E-state index in [1.165, 1.54) is 0 Å². The molecule has 1 saturated heterocycles. The summed E-state index contributed by atoms with van der Waals surface area (Å²) in [5, 5.41) is 11.6. The number of carbonyl (C=O) groups is 3. The second kappa shape index (κ2) is 8.56. The molecule has 2 N–H and O–H groups in total. The third kappa shape index (κ3) is 4.68. The van der Waals surface area contributed by atoms with Crippen LogP contribution in [0.4, 0.5) is 11.4 Å². The molecule has 0 aliphatic carbocycles. The zero-order valence-electron chi connectivity index (χ0n) is 15.6. The minimum atomic E-state index is -0.863. The standard InChI is InChI=1S/C21H22N2O5/c1-28-18-8-6-17(7-9-18)23-13-15(12-19(23)24)21(27)22-16-4-2-3-14(11-16)5-10-20(25)26/h2-4,6-9,11,15H,5,10,12-13H2,1H3,(H,22,27)(H,25,26). The molecule has 7 nitrogen and oxygen atoms in total. The maximum Gasteiger partial charge on any atom is 0.303 e. The SMILES string of the molecule is COc1ccc(N2CC(C(=O)Nc3cccc(CCC(=O)O)c3)CC2=O)cc1. The summed E-state index contributed by atoms with van der Waals surface area (Å²) in [5.41, 5.74) is 2.17. The number of carboxylic acid groups (broad SMARTS) is 1. The van der Waals surface area contributed by atoms with Crippen LogP contribution in [-0.2, 0) is 20.8 Å². The zero-order valence-corrected chi connectivity index (χ0v) is 15.6. The third-order valence-corrected chi connectivity index (χ3v) is 4.70. The highest BCUT2D eigenvalue weighted by molar-refractivity contribution is 6.03. The maximum absolute atomic E-state index is 12.6. The Morgan fingerprint density at radius 2 is 1.96 bits per heavy atom. The molecule has 0 spiro atoms. The van der Waals surface area contributed by atoms with Crippen LogP contribution in [-0.4, -0.2) is 36.5 Å². The van der Waals surface area contributed by atoms with E-state index in [-0.39, 0.29) is 24.7 Å². The first-order chi connectivity index (χ1) is 13.5. The molecule has 1 heterocycles. The summed E-state index contributed by atoms with van der Waals surface area (Å²) in [6.45, 7) is 0.315. The normalized spacial score (nSPS) is 16.1. The van der Waals surface area contributed by atoms with Crippen molar-refractivity contribution in [1.82, 2.24) is 0 Å². The first-order valence-corrected chi connectivity index (χ1v) is 9.02. The number of hydrogen-bond acceptors (Lipinski definition) is 4. The van der Waals surface area contributed by atoms with Crippen LogP contribution in [0.25, 0.3) is 0 Å². The van der Waals surface area contributed by atoms with Gasteiger partial charge in [-0.2, -0.15) is 0 Å². The Hall–Kier alpha value is -3.35. The molecular weight excluding hydrogens is 360 g/mol. The van der Waals surface area contributed by atoms with Crippen LogP contribution in [0.2, 0.25) is 0 Å². The van der Waals surface area contributed by atoms with Crippen LogP contribution in [0.5, 0.6) is 5.75 Å². The monoisotopic (exact) mass is 382 g/mol. The molecular formula is C21H22N2O5. The summed E-state index contributed by atoms with van der Waals surface area (Å²) in [4.78, 5) is 37.3. The van der Waals surface area contributed by atoms with Gasteiger partial charge in [-0.3, -0.25) is 14.4 Å². The Kier molecular flexibility index (Phi) is 5.93. The molecule has 2 aromatic rings. The molecule has 1 atom stereocenters. The summed E-state index contributed by atoms with van der Waals surface area (Å²) in [6, 6.07) is 14.3. The van der Waals surface area contributed by atoms with E-state index in [4.69, 9.17) is 9.84 Å². The third-order valence-electron chi connectivity index (χ3n) is 4.70. The summed E-state index contributed by atoms with van der Waals surface area (Å²) in [6.07, 6.45) is 0.578. The Balaban J connectivity index is 1.63. The fourth-order valence-corrected chi connectivity index (χ4v) is 3.20. The van der Waals surface area contributed by atoms with E-state index >= 15 is 0 Å². The van der Waals surface area contributed by atoms with Crippen LogP contribution in [0.1, 0.15) is 18.4 Å². The lowest BCUT2D eigenvalue weighted by atomic mass is 10.1. The molecule has 3 rings (SSSR count). The van der Waals surface area contributed by atoms with Gasteiger partial charge in [0.05, 0.1) is 13.0 Å². The van der Waals surface area contributed by atoms with Crippen molar-refractivity contribution >= 4 is 29.2 Å². The van der Waals surface area contributed by atoms with Gasteiger partial charge in [-0.05, 0) is 48.4 Å². The van der Waals surface area contributed by atoms with Crippen molar-refractivity contribution in [1.29, 1.82) is 0 Å². The lowest BCUT2D eigenvalue weighted by molar-refractivity contribution is -0.137. The molecule has 1 fully saturated rings. The van der Waals surface area contributed by atoms with Crippen molar-refractivity contribution < 1.29 is 24.2 Å². The molecule has 1 aliphatic heterocycles. The van der Waals surface area contributed by atoms with Gasteiger partial charge in [0.1, 0.15) is 5.75 Å². The fourth-order valence-electron chi connectivity index (χ4n) is 3.20. The van der Waals surface area contributed by atoms with Crippen LogP contribution in [0.15, 0.2) is 48.5 Å². The van der Waals surface area contributed by atoms with E-state index in [0.29, 0.717) is 24.4 Å². The number of aliphatic carboxylic acids is 1. The first-order valence-electron chi connectivity index (χ1n) is 9.02. The molecule has 7 heteroatoms. The van der Waals surface area contributed by atoms with Gasteiger partial charge in [-0.1, -0.05) is 12.1 Å². The highest BCUT2D eigenvalue weighted by Crippen LogP contribution is 2.27. The highest BCUT2D eigenvalue weighted by Gasteiger charge is 2.35. The van der Waals surface area contributed by atoms with Crippen molar-refractivity contribution in [2.45, 2.75) is 19.3 Å². The van der Waals surface area contributed by atoms with Gasteiger partial charge in [0.2, 0.25) is 11.8 Å². The number of anilines is 2. The highest BCUT2D eigenvalue weighted by atomic mass is 16.5. The van der Waals surface area contributed by atoms with Crippen LogP contribution in [0.3, 0.4) is 0 Å². The number of hydrogen-bond donors (Lipinski definition) is 2. The number of nitrogens with one attached hydrogen (secondary N) is 1. The van der Waals surface area contributed by atoms with E-state index in [1.54, 1.807) is 54.5 Å². The van der Waals surface area contributed by atoms with Gasteiger partial charge in [0.15, 0.2) is 0 Å². The number of carbonyl (C=O) groups excluding carboxylic acids is 2. The summed E-state index contributed by atoms with van der Waals surface area (Å²) in [7, 11) is 1.58. The smallest absolute Gasteiger partial charge is 0.303 e. The number of nitrogens with zero attached hydrogens (tertiary/aromatic N) is 1. The fraction of sp³-hybridized carbons (Fsp3) is 0.286. The van der Waals surface area contributed by atoms with Gasteiger partial charge in [0, 0.05) is 30.8 Å². The number of methoxy groups -OCH3 is 1. The van der Waals surface area contributed by atoms with E-state index in [9.17, 15) is 14.4 Å². The van der Waals surface area contributed by atoms with E-state index in [1.807, 2.05) is 6.07 Å². The molecule has 0 aromatic heterocycles. The van der Waals surface area contributed by atoms with Gasteiger partial charge in [0.25, 0.3) is 0 Å². The Bertz CT molecular complexity index is 879. The van der Waals surface area contributed by atoms with Gasteiger partial charge in [-0.15, -0.1) is 0 Å². The summed E-state index contributed by atoms with van der Waals surface area (Å²) >= 11 is 0. The minimum Gasteiger partial charge on any atom is -0.497 e. The van der Waals surface area contributed by atoms with Crippen molar-refractivity contribution in [2.24, 2.45) is 5.92 Å². The second-order valence-corrected chi connectivity index (χ2v) is 6.69. The molecule has 28 heavy (non-hydrogen) atoms. The first kappa shape index (κ1) is 19.4. The van der Waals surface area contributed by atoms with Crippen molar-refractivity contribution in [3.63, 3.8) is 0 Å². The van der Waals surface area contributed by atoms with Crippen molar-refractivity contribution in [2.75, 3.05) is 23.9 Å². The predicted molar refractivity (Wildman–Crippen MR) is 104 cm³/mol. The van der Waals surface area contributed by atoms with E-state index in [0.717, 1.165) is 11.3 Å². The zero-order chi connectivity index (χ0) is 20.1. The molecule has 1 unspecified atom stereocenters. The Morgan fingerprint density at radius 3 is 2.64 bits per heavy atom. The largest absolute Gasteiger partial charge is 0.497 e. The molecule has 2 amide bonds. The topological polar surface area (TPSA) is 95.9 Å². The van der Waals surface area contributed by atoms with E-state index < -0.39 is 11.9 Å². The lowest BCUT2D eigenvalue weighted by Gasteiger charge is -2.17. The van der Waals surface area contributed by atoms with Gasteiger partial charge in [-0.25, -0.2) is 0 Å². The van der Waals surface area contributed by atoms with Crippen LogP contribution in [0, 0.1) is 5.92 Å².